The van der Waals surface area contributed by atoms with Gasteiger partial charge in [0.1, 0.15) is 6.10 Å². The van der Waals surface area contributed by atoms with Crippen LogP contribution >= 0.6 is 0 Å². The fraction of sp³-hybridized carbons (Fsp3) is 0.462. The highest BCUT2D eigenvalue weighted by Crippen LogP contribution is 2.20. The number of primary sulfonamides is 1. The Hall–Kier alpha value is -1.44. The Morgan fingerprint density at radius 2 is 1.90 bits per heavy atom. The van der Waals surface area contributed by atoms with Crippen molar-refractivity contribution in [1.29, 1.82) is 0 Å². The zero-order valence-corrected chi connectivity index (χ0v) is 12.8. The number of esters is 1. The van der Waals surface area contributed by atoms with Gasteiger partial charge in [-0.1, -0.05) is 6.07 Å². The van der Waals surface area contributed by atoms with Crippen molar-refractivity contribution in [3.63, 3.8) is 0 Å². The highest BCUT2D eigenvalue weighted by Gasteiger charge is 2.20. The third kappa shape index (κ3) is 4.03. The van der Waals surface area contributed by atoms with Crippen molar-refractivity contribution in [3.8, 4) is 0 Å². The quantitative estimate of drug-likeness (QED) is 0.823. The highest BCUT2D eigenvalue weighted by molar-refractivity contribution is 7.89. The third-order valence-electron chi connectivity index (χ3n) is 2.76. The maximum atomic E-state index is 12.0. The number of methoxy groups -OCH3 is 1. The van der Waals surface area contributed by atoms with Crippen LogP contribution in [-0.2, 0) is 19.5 Å². The minimum Gasteiger partial charge on any atom is -0.457 e. The van der Waals surface area contributed by atoms with Crippen LogP contribution in [0, 0.1) is 13.8 Å². The Labute approximate surface area is 118 Å². The van der Waals surface area contributed by atoms with Crippen molar-refractivity contribution in [2.75, 3.05) is 13.7 Å². The molecule has 0 bridgehead atoms. The Bertz CT molecular complexity index is 609. The summed E-state index contributed by atoms with van der Waals surface area (Å²) < 4.78 is 33.0. The van der Waals surface area contributed by atoms with Crippen LogP contribution in [0.25, 0.3) is 0 Å². The molecule has 6 nitrogen and oxygen atoms in total. The molecule has 7 heteroatoms. The van der Waals surface area contributed by atoms with Gasteiger partial charge in [-0.15, -0.1) is 0 Å². The Morgan fingerprint density at radius 1 is 1.30 bits per heavy atom. The summed E-state index contributed by atoms with van der Waals surface area (Å²) in [6, 6.07) is 2.85. The van der Waals surface area contributed by atoms with E-state index in [-0.39, 0.29) is 17.1 Å². The van der Waals surface area contributed by atoms with Crippen molar-refractivity contribution in [2.45, 2.75) is 31.8 Å². The molecule has 0 saturated carbocycles. The molecule has 1 aromatic rings. The van der Waals surface area contributed by atoms with Crippen LogP contribution in [0.5, 0.6) is 0 Å². The summed E-state index contributed by atoms with van der Waals surface area (Å²) in [5.41, 5.74) is 1.30. The third-order valence-corrected chi connectivity index (χ3v) is 3.81. The molecule has 1 rings (SSSR count). The molecule has 0 heterocycles. The van der Waals surface area contributed by atoms with Gasteiger partial charge in [-0.3, -0.25) is 0 Å². The van der Waals surface area contributed by atoms with Gasteiger partial charge in [-0.05, 0) is 38.0 Å². The Kier molecular flexibility index (Phi) is 5.27. The van der Waals surface area contributed by atoms with Gasteiger partial charge in [0.05, 0.1) is 17.1 Å². The molecule has 0 amide bonds. The number of carbonyl (C=O) groups excluding carboxylic acids is 1. The lowest BCUT2D eigenvalue weighted by Crippen LogP contribution is -2.21. The normalized spacial score (nSPS) is 13.1. The molecular formula is C13H19NO5S. The fourth-order valence-electron chi connectivity index (χ4n) is 1.87. The molecule has 112 valence electrons. The van der Waals surface area contributed by atoms with E-state index in [2.05, 4.69) is 0 Å². The lowest BCUT2D eigenvalue weighted by molar-refractivity contribution is 0.0119. The SMILES string of the molecule is COCC(C)OC(=O)c1cc(S(N)(=O)=O)c(C)cc1C. The van der Waals surface area contributed by atoms with E-state index in [9.17, 15) is 13.2 Å². The number of benzene rings is 1. The van der Waals surface area contributed by atoms with E-state index in [1.54, 1.807) is 26.8 Å². The number of rotatable bonds is 5. The molecule has 0 saturated heterocycles. The molecule has 2 N–H and O–H groups in total. The molecule has 0 radical (unpaired) electrons. The van der Waals surface area contributed by atoms with E-state index < -0.39 is 22.1 Å². The molecule has 20 heavy (non-hydrogen) atoms. The van der Waals surface area contributed by atoms with Crippen molar-refractivity contribution < 1.29 is 22.7 Å². The van der Waals surface area contributed by atoms with Gasteiger partial charge >= 0.3 is 5.97 Å². The van der Waals surface area contributed by atoms with Crippen LogP contribution in [0.3, 0.4) is 0 Å². The van der Waals surface area contributed by atoms with Gasteiger partial charge in [0.2, 0.25) is 10.0 Å². The Morgan fingerprint density at radius 3 is 2.40 bits per heavy atom. The number of ether oxygens (including phenoxy) is 2. The number of nitrogens with two attached hydrogens (primary N) is 1. The smallest absolute Gasteiger partial charge is 0.338 e. The number of carbonyl (C=O) groups is 1. The molecule has 0 aliphatic heterocycles. The van der Waals surface area contributed by atoms with Gasteiger partial charge in [0, 0.05) is 7.11 Å². The second-order valence-corrected chi connectivity index (χ2v) is 6.18. The minimum absolute atomic E-state index is 0.0746. The summed E-state index contributed by atoms with van der Waals surface area (Å²) >= 11 is 0. The summed E-state index contributed by atoms with van der Waals surface area (Å²) in [5, 5.41) is 5.13. The molecule has 1 unspecified atom stereocenters. The zero-order chi connectivity index (χ0) is 15.5. The van der Waals surface area contributed by atoms with E-state index in [1.807, 2.05) is 0 Å². The van der Waals surface area contributed by atoms with Gasteiger partial charge in [-0.25, -0.2) is 18.4 Å². The van der Waals surface area contributed by atoms with E-state index in [0.29, 0.717) is 11.1 Å². The minimum atomic E-state index is -3.88. The van der Waals surface area contributed by atoms with Crippen LogP contribution in [0.15, 0.2) is 17.0 Å². The van der Waals surface area contributed by atoms with E-state index >= 15 is 0 Å². The first kappa shape index (κ1) is 16.6. The molecule has 0 aliphatic carbocycles. The maximum Gasteiger partial charge on any atom is 0.338 e. The van der Waals surface area contributed by atoms with Crippen LogP contribution in [0.1, 0.15) is 28.4 Å². The molecule has 0 spiro atoms. The number of hydrogen-bond acceptors (Lipinski definition) is 5. The molecule has 0 aromatic heterocycles. The number of aryl methyl sites for hydroxylation is 2. The second-order valence-electron chi connectivity index (χ2n) is 4.65. The summed E-state index contributed by atoms with van der Waals surface area (Å²) in [4.78, 5) is 12.0. The van der Waals surface area contributed by atoms with Gasteiger partial charge in [-0.2, -0.15) is 0 Å². The molecule has 0 fully saturated rings. The van der Waals surface area contributed by atoms with Crippen molar-refractivity contribution >= 4 is 16.0 Å². The lowest BCUT2D eigenvalue weighted by Gasteiger charge is -2.14. The second kappa shape index (κ2) is 6.34. The standard InChI is InChI=1S/C13H19NO5S/c1-8-5-9(2)12(20(14,16)17)6-11(8)13(15)19-10(3)7-18-4/h5-6,10H,7H2,1-4H3,(H2,14,16,17). The van der Waals surface area contributed by atoms with E-state index in [1.165, 1.54) is 13.2 Å². The van der Waals surface area contributed by atoms with Crippen molar-refractivity contribution in [3.05, 3.63) is 28.8 Å². The average molecular weight is 301 g/mol. The predicted octanol–water partition coefficient (Wildman–Crippen LogP) is 1.14. The summed E-state index contributed by atoms with van der Waals surface area (Å²) in [6.07, 6.45) is -0.425. The van der Waals surface area contributed by atoms with Crippen LogP contribution in [0.4, 0.5) is 0 Å². The zero-order valence-electron chi connectivity index (χ0n) is 12.0. The number of hydrogen-bond donors (Lipinski definition) is 1. The van der Waals surface area contributed by atoms with Gasteiger partial charge < -0.3 is 9.47 Å². The molecular weight excluding hydrogens is 282 g/mol. The first-order valence-corrected chi connectivity index (χ1v) is 7.55. The van der Waals surface area contributed by atoms with E-state index in [0.717, 1.165) is 0 Å². The van der Waals surface area contributed by atoms with Crippen LogP contribution in [0.2, 0.25) is 0 Å². The largest absolute Gasteiger partial charge is 0.457 e. The fourth-order valence-corrected chi connectivity index (χ4v) is 2.66. The monoisotopic (exact) mass is 301 g/mol. The summed E-state index contributed by atoms with van der Waals surface area (Å²) in [6.45, 7) is 5.27. The number of sulfonamides is 1. The topological polar surface area (TPSA) is 95.7 Å². The predicted molar refractivity (Wildman–Crippen MR) is 74.0 cm³/mol. The van der Waals surface area contributed by atoms with Crippen LogP contribution < -0.4 is 5.14 Å². The van der Waals surface area contributed by atoms with Crippen LogP contribution in [-0.4, -0.2) is 34.2 Å². The first-order valence-electron chi connectivity index (χ1n) is 6.00. The molecule has 0 aliphatic rings. The van der Waals surface area contributed by atoms with Crippen molar-refractivity contribution in [1.82, 2.24) is 0 Å². The van der Waals surface area contributed by atoms with Gasteiger partial charge in [0.25, 0.3) is 0 Å². The molecule has 1 aromatic carbocycles. The maximum absolute atomic E-state index is 12.0. The van der Waals surface area contributed by atoms with E-state index in [4.69, 9.17) is 14.6 Å². The summed E-state index contributed by atoms with van der Waals surface area (Å²) in [5.74, 6) is -0.600. The lowest BCUT2D eigenvalue weighted by atomic mass is 10.1. The molecule has 1 atom stereocenters. The highest BCUT2D eigenvalue weighted by atomic mass is 32.2. The summed E-state index contributed by atoms with van der Waals surface area (Å²) in [7, 11) is -2.38. The first-order chi connectivity index (χ1) is 9.16. The Balaban J connectivity index is 3.16. The van der Waals surface area contributed by atoms with Crippen molar-refractivity contribution in [2.24, 2.45) is 5.14 Å². The average Bonchev–Trinajstić information content (AvgIpc) is 2.26. The van der Waals surface area contributed by atoms with Gasteiger partial charge in [0.15, 0.2) is 0 Å².